The van der Waals surface area contributed by atoms with E-state index in [2.05, 4.69) is 83.6 Å². The summed E-state index contributed by atoms with van der Waals surface area (Å²) in [6.07, 6.45) is 0. The second-order valence-corrected chi connectivity index (χ2v) is 6.32. The van der Waals surface area contributed by atoms with Crippen LogP contribution < -0.4 is 5.32 Å². The van der Waals surface area contributed by atoms with Crippen LogP contribution in [-0.4, -0.2) is 0 Å². The van der Waals surface area contributed by atoms with Crippen molar-refractivity contribution in [1.82, 2.24) is 0 Å². The van der Waals surface area contributed by atoms with Crippen molar-refractivity contribution in [3.63, 3.8) is 0 Å². The van der Waals surface area contributed by atoms with Crippen LogP contribution in [0.15, 0.2) is 53.0 Å². The van der Waals surface area contributed by atoms with Crippen molar-refractivity contribution in [2.45, 2.75) is 25.3 Å². The van der Waals surface area contributed by atoms with E-state index in [0.717, 1.165) is 4.47 Å². The number of fused-ring (bicyclic) bond motifs is 1. The Morgan fingerprint density at radius 1 is 1.06 bits per heavy atom. The van der Waals surface area contributed by atoms with Gasteiger partial charge in [0.25, 0.3) is 0 Å². The van der Waals surface area contributed by atoms with Gasteiger partial charge in [0.15, 0.2) is 0 Å². The first kappa shape index (κ1) is 11.8. The van der Waals surface area contributed by atoms with Gasteiger partial charge in [-0.3, -0.25) is 0 Å². The fourth-order valence-corrected chi connectivity index (χ4v) is 3.17. The number of hydrogen-bond acceptors (Lipinski definition) is 1. The van der Waals surface area contributed by atoms with Crippen LogP contribution in [0.5, 0.6) is 0 Å². The van der Waals surface area contributed by atoms with Gasteiger partial charge in [-0.25, -0.2) is 0 Å². The Hall–Kier alpha value is -1.28. The molecule has 1 aliphatic heterocycles. The Morgan fingerprint density at radius 3 is 2.50 bits per heavy atom. The predicted molar refractivity (Wildman–Crippen MR) is 80.0 cm³/mol. The Balaban J connectivity index is 2.08. The average Bonchev–Trinajstić information content (AvgIpc) is 2.63. The molecule has 0 spiro atoms. The molecule has 0 aliphatic carbocycles. The molecule has 1 heterocycles. The summed E-state index contributed by atoms with van der Waals surface area (Å²) >= 11 is 3.56. The average molecular weight is 302 g/mol. The van der Waals surface area contributed by atoms with E-state index in [9.17, 15) is 0 Å². The van der Waals surface area contributed by atoms with Crippen LogP contribution in [0.1, 0.15) is 31.0 Å². The quantitative estimate of drug-likeness (QED) is 0.790. The molecular formula is C16H16BrN. The summed E-state index contributed by atoms with van der Waals surface area (Å²) in [5.41, 5.74) is 4.07. The molecule has 3 rings (SSSR count). The van der Waals surface area contributed by atoms with Crippen LogP contribution in [0.3, 0.4) is 0 Å². The molecule has 0 radical (unpaired) electrons. The third-order valence-electron chi connectivity index (χ3n) is 3.83. The molecule has 2 aromatic rings. The molecule has 0 aromatic heterocycles. The van der Waals surface area contributed by atoms with Crippen LogP contribution in [0.25, 0.3) is 0 Å². The fraction of sp³-hybridized carbons (Fsp3) is 0.250. The molecule has 0 amide bonds. The molecule has 18 heavy (non-hydrogen) atoms. The molecule has 2 heteroatoms. The lowest BCUT2D eigenvalue weighted by molar-refractivity contribution is 0.474. The highest BCUT2D eigenvalue weighted by Gasteiger charge is 2.39. The van der Waals surface area contributed by atoms with Crippen LogP contribution >= 0.6 is 15.9 Å². The standard InChI is InChI=1S/C16H16BrN/c1-16(2)13-10-12(17)8-9-14(13)18-15(16)11-6-4-3-5-7-11/h3-10,15,18H,1-2H3. The molecule has 0 saturated heterocycles. The smallest absolute Gasteiger partial charge is 0.0606 e. The Morgan fingerprint density at radius 2 is 1.78 bits per heavy atom. The minimum Gasteiger partial charge on any atom is -0.377 e. The number of hydrogen-bond donors (Lipinski definition) is 1. The second kappa shape index (κ2) is 4.13. The van der Waals surface area contributed by atoms with Gasteiger partial charge in [-0.05, 0) is 29.3 Å². The molecule has 0 fully saturated rings. The van der Waals surface area contributed by atoms with E-state index in [1.807, 2.05) is 0 Å². The molecule has 92 valence electrons. The topological polar surface area (TPSA) is 12.0 Å². The van der Waals surface area contributed by atoms with E-state index < -0.39 is 0 Å². The maximum absolute atomic E-state index is 3.65. The lowest BCUT2D eigenvalue weighted by Crippen LogP contribution is -2.25. The summed E-state index contributed by atoms with van der Waals surface area (Å²) in [4.78, 5) is 0. The van der Waals surface area contributed by atoms with Crippen molar-refractivity contribution in [2.75, 3.05) is 5.32 Å². The van der Waals surface area contributed by atoms with Crippen molar-refractivity contribution < 1.29 is 0 Å². The van der Waals surface area contributed by atoms with Crippen molar-refractivity contribution in [3.05, 3.63) is 64.1 Å². The highest BCUT2D eigenvalue weighted by atomic mass is 79.9. The van der Waals surface area contributed by atoms with Crippen molar-refractivity contribution in [1.29, 1.82) is 0 Å². The first-order valence-electron chi connectivity index (χ1n) is 6.20. The lowest BCUT2D eigenvalue weighted by Gasteiger charge is -2.28. The zero-order chi connectivity index (χ0) is 12.8. The number of rotatable bonds is 1. The summed E-state index contributed by atoms with van der Waals surface area (Å²) in [6, 6.07) is 17.5. The molecule has 1 N–H and O–H groups in total. The Kier molecular flexibility index (Phi) is 2.70. The zero-order valence-corrected chi connectivity index (χ0v) is 12.2. The SMILES string of the molecule is CC1(C)c2cc(Br)ccc2NC1c1ccccc1. The van der Waals surface area contributed by atoms with Crippen LogP contribution in [-0.2, 0) is 5.41 Å². The van der Waals surface area contributed by atoms with Crippen LogP contribution in [0.2, 0.25) is 0 Å². The highest BCUT2D eigenvalue weighted by molar-refractivity contribution is 9.10. The minimum absolute atomic E-state index is 0.0977. The molecular weight excluding hydrogens is 286 g/mol. The molecule has 1 aliphatic rings. The van der Waals surface area contributed by atoms with E-state index in [4.69, 9.17) is 0 Å². The normalized spacial score (nSPS) is 20.3. The van der Waals surface area contributed by atoms with Crippen molar-refractivity contribution in [3.8, 4) is 0 Å². The van der Waals surface area contributed by atoms with Gasteiger partial charge in [-0.15, -0.1) is 0 Å². The van der Waals surface area contributed by atoms with Gasteiger partial charge in [-0.2, -0.15) is 0 Å². The van der Waals surface area contributed by atoms with E-state index in [1.54, 1.807) is 0 Å². The second-order valence-electron chi connectivity index (χ2n) is 5.40. The van der Waals surface area contributed by atoms with Gasteiger partial charge >= 0.3 is 0 Å². The van der Waals surface area contributed by atoms with Gasteiger partial charge in [0, 0.05) is 15.6 Å². The van der Waals surface area contributed by atoms with E-state index in [-0.39, 0.29) is 5.41 Å². The van der Waals surface area contributed by atoms with Crippen molar-refractivity contribution in [2.24, 2.45) is 0 Å². The first-order chi connectivity index (χ1) is 8.59. The summed E-state index contributed by atoms with van der Waals surface area (Å²) < 4.78 is 1.14. The summed E-state index contributed by atoms with van der Waals surface area (Å²) in [6.45, 7) is 4.60. The summed E-state index contributed by atoms with van der Waals surface area (Å²) in [5, 5.41) is 3.65. The van der Waals surface area contributed by atoms with Crippen LogP contribution in [0.4, 0.5) is 5.69 Å². The van der Waals surface area contributed by atoms with Gasteiger partial charge in [0.05, 0.1) is 6.04 Å². The zero-order valence-electron chi connectivity index (χ0n) is 10.6. The number of anilines is 1. The third-order valence-corrected chi connectivity index (χ3v) is 4.32. The number of benzene rings is 2. The molecule has 1 unspecified atom stereocenters. The lowest BCUT2D eigenvalue weighted by atomic mass is 9.78. The Bertz CT molecular complexity index is 575. The number of nitrogens with one attached hydrogen (secondary N) is 1. The number of halogens is 1. The van der Waals surface area contributed by atoms with E-state index in [0.29, 0.717) is 6.04 Å². The third kappa shape index (κ3) is 1.76. The van der Waals surface area contributed by atoms with Gasteiger partial charge in [0.2, 0.25) is 0 Å². The van der Waals surface area contributed by atoms with Gasteiger partial charge in [-0.1, -0.05) is 60.1 Å². The summed E-state index contributed by atoms with van der Waals surface area (Å²) in [7, 11) is 0. The minimum atomic E-state index is 0.0977. The van der Waals surface area contributed by atoms with Crippen LogP contribution in [0, 0.1) is 0 Å². The maximum atomic E-state index is 3.65. The monoisotopic (exact) mass is 301 g/mol. The predicted octanol–water partition coefficient (Wildman–Crippen LogP) is 4.89. The summed E-state index contributed by atoms with van der Waals surface area (Å²) in [5.74, 6) is 0. The van der Waals surface area contributed by atoms with E-state index in [1.165, 1.54) is 16.8 Å². The van der Waals surface area contributed by atoms with Crippen molar-refractivity contribution >= 4 is 21.6 Å². The largest absolute Gasteiger partial charge is 0.377 e. The molecule has 1 atom stereocenters. The highest BCUT2D eigenvalue weighted by Crippen LogP contribution is 2.48. The van der Waals surface area contributed by atoms with Gasteiger partial charge < -0.3 is 5.32 Å². The Labute approximate surface area is 116 Å². The molecule has 0 saturated carbocycles. The van der Waals surface area contributed by atoms with E-state index >= 15 is 0 Å². The molecule has 2 aromatic carbocycles. The fourth-order valence-electron chi connectivity index (χ4n) is 2.81. The molecule has 1 nitrogen and oxygen atoms in total. The maximum Gasteiger partial charge on any atom is 0.0606 e. The first-order valence-corrected chi connectivity index (χ1v) is 7.00. The molecule has 0 bridgehead atoms. The van der Waals surface area contributed by atoms with Gasteiger partial charge in [0.1, 0.15) is 0 Å².